The van der Waals surface area contributed by atoms with Gasteiger partial charge in [0.05, 0.1) is 6.54 Å². The molecule has 3 aromatic rings. The maximum absolute atomic E-state index is 13.1. The lowest BCUT2D eigenvalue weighted by molar-refractivity contribution is 0.155. The molecule has 4 nitrogen and oxygen atoms in total. The molecule has 0 unspecified atom stereocenters. The van der Waals surface area contributed by atoms with Crippen LogP contribution >= 0.6 is 0 Å². The maximum Gasteiger partial charge on any atom is 0.411 e. The minimum Gasteiger partial charge on any atom is -0.444 e. The second kappa shape index (κ2) is 9.95. The van der Waals surface area contributed by atoms with Crippen LogP contribution in [0.5, 0.6) is 0 Å². The molecule has 0 atom stereocenters. The molecule has 0 radical (unpaired) electrons. The van der Waals surface area contributed by atoms with Crippen LogP contribution in [0, 0.1) is 18.2 Å². The number of benzene rings is 3. The number of anilines is 2. The Bertz CT molecular complexity index is 965. The molecule has 0 fully saturated rings. The SMILES string of the molecule is C#CCN(Cc1ccc(F)cc1)c1ccc(NC(=O)OCc2ccccc2)cc1. The number of hydrogen-bond donors (Lipinski definition) is 1. The van der Waals surface area contributed by atoms with Gasteiger partial charge in [0.2, 0.25) is 0 Å². The van der Waals surface area contributed by atoms with E-state index in [9.17, 15) is 9.18 Å². The Hall–Kier alpha value is -3.78. The van der Waals surface area contributed by atoms with E-state index >= 15 is 0 Å². The highest BCUT2D eigenvalue weighted by atomic mass is 19.1. The summed E-state index contributed by atoms with van der Waals surface area (Å²) in [5.74, 6) is 2.37. The fourth-order valence-electron chi connectivity index (χ4n) is 2.79. The average molecular weight is 388 g/mol. The fraction of sp³-hybridized carbons (Fsp3) is 0.125. The van der Waals surface area contributed by atoms with Crippen molar-refractivity contribution in [3.05, 3.63) is 95.8 Å². The molecule has 0 spiro atoms. The van der Waals surface area contributed by atoms with E-state index in [1.165, 1.54) is 12.1 Å². The van der Waals surface area contributed by atoms with Crippen LogP contribution in [0.15, 0.2) is 78.9 Å². The van der Waals surface area contributed by atoms with Crippen molar-refractivity contribution in [2.24, 2.45) is 0 Å². The number of hydrogen-bond acceptors (Lipinski definition) is 3. The van der Waals surface area contributed by atoms with Gasteiger partial charge in [0.25, 0.3) is 0 Å². The van der Waals surface area contributed by atoms with Crippen LogP contribution < -0.4 is 10.2 Å². The Labute approximate surface area is 169 Å². The number of nitrogens with one attached hydrogen (secondary N) is 1. The van der Waals surface area contributed by atoms with Gasteiger partial charge in [0, 0.05) is 17.9 Å². The number of carbonyl (C=O) groups excluding carboxylic acids is 1. The van der Waals surface area contributed by atoms with Gasteiger partial charge in [-0.25, -0.2) is 9.18 Å². The molecule has 0 heterocycles. The first-order chi connectivity index (χ1) is 14.1. The summed E-state index contributed by atoms with van der Waals surface area (Å²) in [5.41, 5.74) is 3.39. The molecule has 3 rings (SSSR count). The van der Waals surface area contributed by atoms with Crippen LogP contribution in [0.1, 0.15) is 11.1 Å². The number of ether oxygens (including phenoxy) is 1. The standard InChI is InChI=1S/C24H21FN2O2/c1-2-16-27(17-19-8-10-21(25)11-9-19)23-14-12-22(13-15-23)26-24(28)29-18-20-6-4-3-5-7-20/h1,3-15H,16-18H2,(H,26,28). The molecular formula is C24H21FN2O2. The van der Waals surface area contributed by atoms with E-state index in [0.717, 1.165) is 16.8 Å². The zero-order valence-corrected chi connectivity index (χ0v) is 15.8. The van der Waals surface area contributed by atoms with Gasteiger partial charge >= 0.3 is 6.09 Å². The average Bonchev–Trinajstić information content (AvgIpc) is 2.75. The van der Waals surface area contributed by atoms with Crippen molar-refractivity contribution in [2.75, 3.05) is 16.8 Å². The molecule has 0 aliphatic rings. The number of nitrogens with zero attached hydrogens (tertiary/aromatic N) is 1. The number of halogens is 1. The molecule has 0 bridgehead atoms. The maximum atomic E-state index is 13.1. The summed E-state index contributed by atoms with van der Waals surface area (Å²) >= 11 is 0. The lowest BCUT2D eigenvalue weighted by Crippen LogP contribution is -2.23. The number of rotatable bonds is 7. The molecule has 29 heavy (non-hydrogen) atoms. The fourth-order valence-corrected chi connectivity index (χ4v) is 2.79. The van der Waals surface area contributed by atoms with Gasteiger partial charge in [-0.15, -0.1) is 6.42 Å². The highest BCUT2D eigenvalue weighted by molar-refractivity contribution is 5.84. The smallest absolute Gasteiger partial charge is 0.411 e. The third kappa shape index (κ3) is 6.12. The summed E-state index contributed by atoms with van der Waals surface area (Å²) in [6.45, 7) is 1.16. The quantitative estimate of drug-likeness (QED) is 0.565. The number of carbonyl (C=O) groups is 1. The van der Waals surface area contributed by atoms with Crippen LogP contribution in [-0.2, 0) is 17.9 Å². The normalized spacial score (nSPS) is 10.1. The summed E-state index contributed by atoms with van der Waals surface area (Å²) in [6, 6.07) is 23.1. The van der Waals surface area contributed by atoms with Crippen LogP contribution in [-0.4, -0.2) is 12.6 Å². The van der Waals surface area contributed by atoms with Crippen molar-refractivity contribution in [1.82, 2.24) is 0 Å². The monoisotopic (exact) mass is 388 g/mol. The summed E-state index contributed by atoms with van der Waals surface area (Å²) in [7, 11) is 0. The summed E-state index contributed by atoms with van der Waals surface area (Å²) in [5, 5.41) is 2.70. The van der Waals surface area contributed by atoms with E-state index < -0.39 is 6.09 Å². The lowest BCUT2D eigenvalue weighted by atomic mass is 10.2. The Kier molecular flexibility index (Phi) is 6.85. The zero-order valence-electron chi connectivity index (χ0n) is 15.8. The first-order valence-corrected chi connectivity index (χ1v) is 9.14. The first kappa shape index (κ1) is 20.0. The Balaban J connectivity index is 1.59. The molecular weight excluding hydrogens is 367 g/mol. The van der Waals surface area contributed by atoms with Gasteiger partial charge in [0.1, 0.15) is 12.4 Å². The highest BCUT2D eigenvalue weighted by Crippen LogP contribution is 2.20. The van der Waals surface area contributed by atoms with Crippen molar-refractivity contribution >= 4 is 17.5 Å². The third-order valence-electron chi connectivity index (χ3n) is 4.26. The first-order valence-electron chi connectivity index (χ1n) is 9.14. The molecule has 0 aliphatic carbocycles. The summed E-state index contributed by atoms with van der Waals surface area (Å²) < 4.78 is 18.3. The van der Waals surface area contributed by atoms with Crippen LogP contribution in [0.4, 0.5) is 20.6 Å². The van der Waals surface area contributed by atoms with E-state index in [2.05, 4.69) is 11.2 Å². The van der Waals surface area contributed by atoms with E-state index in [1.807, 2.05) is 47.4 Å². The van der Waals surface area contributed by atoms with E-state index in [0.29, 0.717) is 18.8 Å². The predicted molar refractivity (Wildman–Crippen MR) is 113 cm³/mol. The topological polar surface area (TPSA) is 41.6 Å². The zero-order chi connectivity index (χ0) is 20.5. The van der Waals surface area contributed by atoms with E-state index in [1.54, 1.807) is 24.3 Å². The van der Waals surface area contributed by atoms with Crippen molar-refractivity contribution in [2.45, 2.75) is 13.2 Å². The van der Waals surface area contributed by atoms with E-state index in [4.69, 9.17) is 11.2 Å². The van der Waals surface area contributed by atoms with Gasteiger partial charge in [-0.1, -0.05) is 48.4 Å². The van der Waals surface area contributed by atoms with Crippen molar-refractivity contribution < 1.29 is 13.9 Å². The molecule has 0 aromatic heterocycles. The van der Waals surface area contributed by atoms with Crippen LogP contribution in [0.3, 0.4) is 0 Å². The molecule has 146 valence electrons. The van der Waals surface area contributed by atoms with Gasteiger partial charge < -0.3 is 9.64 Å². The minimum absolute atomic E-state index is 0.207. The second-order valence-corrected chi connectivity index (χ2v) is 6.42. The highest BCUT2D eigenvalue weighted by Gasteiger charge is 2.08. The molecule has 3 aromatic carbocycles. The van der Waals surface area contributed by atoms with Crippen molar-refractivity contribution in [1.29, 1.82) is 0 Å². The predicted octanol–water partition coefficient (Wildman–Crippen LogP) is 5.21. The van der Waals surface area contributed by atoms with Gasteiger partial charge in [-0.3, -0.25) is 5.32 Å². The summed E-state index contributed by atoms with van der Waals surface area (Å²) in [4.78, 5) is 14.0. The van der Waals surface area contributed by atoms with Gasteiger partial charge in [-0.2, -0.15) is 0 Å². The van der Waals surface area contributed by atoms with Crippen LogP contribution in [0.25, 0.3) is 0 Å². The van der Waals surface area contributed by atoms with Gasteiger partial charge in [-0.05, 0) is 47.5 Å². The Morgan fingerprint density at radius 3 is 2.31 bits per heavy atom. The van der Waals surface area contributed by atoms with Gasteiger partial charge in [0.15, 0.2) is 0 Å². The number of amides is 1. The number of terminal acetylenes is 1. The van der Waals surface area contributed by atoms with Crippen molar-refractivity contribution in [3.8, 4) is 12.3 Å². The molecule has 0 aliphatic heterocycles. The third-order valence-corrected chi connectivity index (χ3v) is 4.26. The van der Waals surface area contributed by atoms with Crippen LogP contribution in [0.2, 0.25) is 0 Å². The van der Waals surface area contributed by atoms with E-state index in [-0.39, 0.29) is 12.4 Å². The summed E-state index contributed by atoms with van der Waals surface area (Å²) in [6.07, 6.45) is 4.98. The molecule has 0 saturated heterocycles. The molecule has 5 heteroatoms. The minimum atomic E-state index is -0.520. The second-order valence-electron chi connectivity index (χ2n) is 6.42. The Morgan fingerprint density at radius 1 is 0.966 bits per heavy atom. The Morgan fingerprint density at radius 2 is 1.66 bits per heavy atom. The lowest BCUT2D eigenvalue weighted by Gasteiger charge is -2.23. The van der Waals surface area contributed by atoms with Crippen molar-refractivity contribution in [3.63, 3.8) is 0 Å². The molecule has 0 saturated carbocycles. The molecule has 1 N–H and O–H groups in total. The largest absolute Gasteiger partial charge is 0.444 e. The molecule has 1 amide bonds.